The number of amides is 2. The second-order valence-electron chi connectivity index (χ2n) is 8.40. The first kappa shape index (κ1) is 19.3. The van der Waals surface area contributed by atoms with Gasteiger partial charge in [0.25, 0.3) is 0 Å². The number of benzene rings is 3. The molecule has 154 valence electrons. The summed E-state index contributed by atoms with van der Waals surface area (Å²) in [5.74, 6) is 0. The fourth-order valence-corrected chi connectivity index (χ4v) is 4.63. The summed E-state index contributed by atoms with van der Waals surface area (Å²) in [7, 11) is 0. The Bertz CT molecular complexity index is 1170. The summed E-state index contributed by atoms with van der Waals surface area (Å²) in [5, 5.41) is 9.46. The number of hydrogen-bond acceptors (Lipinski definition) is 3. The average Bonchev–Trinajstić information content (AvgIpc) is 3.04. The van der Waals surface area contributed by atoms with E-state index in [1.165, 1.54) is 0 Å². The van der Waals surface area contributed by atoms with Crippen molar-refractivity contribution in [2.75, 3.05) is 23.0 Å². The fourth-order valence-electron chi connectivity index (χ4n) is 4.63. The van der Waals surface area contributed by atoms with Crippen LogP contribution in [0.4, 0.5) is 16.2 Å². The van der Waals surface area contributed by atoms with E-state index >= 15 is 0 Å². The van der Waals surface area contributed by atoms with Crippen molar-refractivity contribution in [2.24, 2.45) is 0 Å². The fraction of sp³-hybridized carbons (Fsp3) is 0.231. The van der Waals surface area contributed by atoms with Gasteiger partial charge in [0.05, 0.1) is 30.9 Å². The number of carbonyl (C=O) groups is 1. The van der Waals surface area contributed by atoms with Crippen molar-refractivity contribution in [3.8, 4) is 6.07 Å². The lowest BCUT2D eigenvalue weighted by Gasteiger charge is -2.47. The zero-order chi connectivity index (χ0) is 21.6. The molecule has 0 aromatic heterocycles. The maximum Gasteiger partial charge on any atom is 0.330 e. The zero-order valence-electron chi connectivity index (χ0n) is 17.6. The molecule has 0 unspecified atom stereocenters. The largest absolute Gasteiger partial charge is 0.376 e. The van der Waals surface area contributed by atoms with E-state index in [-0.39, 0.29) is 12.1 Å². The minimum atomic E-state index is -0.536. The molecule has 2 fully saturated rings. The Balaban J connectivity index is 1.71. The number of nitrogens with zero attached hydrogens (tertiary/aromatic N) is 3. The van der Waals surface area contributed by atoms with Crippen LogP contribution in [0.2, 0.25) is 0 Å². The topological polar surface area (TPSA) is 56.6 Å². The Kier molecular flexibility index (Phi) is 4.53. The molecular weight excluding hydrogens is 386 g/mol. The van der Waals surface area contributed by atoms with Gasteiger partial charge in [-0.3, -0.25) is 9.80 Å². The molecular formula is C26H23N3O2. The summed E-state index contributed by atoms with van der Waals surface area (Å²) in [6, 6.07) is 25.5. The summed E-state index contributed by atoms with van der Waals surface area (Å²) >= 11 is 0. The van der Waals surface area contributed by atoms with Crippen LogP contribution < -0.4 is 9.80 Å². The molecule has 1 spiro atoms. The summed E-state index contributed by atoms with van der Waals surface area (Å²) in [5.41, 5.74) is 4.95. The van der Waals surface area contributed by atoms with Crippen LogP contribution in [0.25, 0.3) is 0 Å². The number of carbonyl (C=O) groups excluding carboxylic acids is 1. The van der Waals surface area contributed by atoms with E-state index in [2.05, 4.69) is 6.07 Å². The van der Waals surface area contributed by atoms with Gasteiger partial charge in [-0.2, -0.15) is 5.26 Å². The van der Waals surface area contributed by atoms with Crippen LogP contribution in [-0.2, 0) is 4.74 Å². The predicted molar refractivity (Wildman–Crippen MR) is 120 cm³/mol. The van der Waals surface area contributed by atoms with E-state index in [4.69, 9.17) is 4.74 Å². The first-order valence-corrected chi connectivity index (χ1v) is 10.4. The molecule has 0 radical (unpaired) electrons. The van der Waals surface area contributed by atoms with Gasteiger partial charge < -0.3 is 4.74 Å². The number of rotatable bonds is 3. The zero-order valence-corrected chi connectivity index (χ0v) is 17.6. The molecule has 31 heavy (non-hydrogen) atoms. The third-order valence-electron chi connectivity index (χ3n) is 6.25. The van der Waals surface area contributed by atoms with Crippen molar-refractivity contribution < 1.29 is 9.53 Å². The smallest absolute Gasteiger partial charge is 0.330 e. The third kappa shape index (κ3) is 2.99. The van der Waals surface area contributed by atoms with Crippen molar-refractivity contribution in [1.82, 2.24) is 0 Å². The highest BCUT2D eigenvalue weighted by atomic mass is 16.5. The molecule has 3 aromatic carbocycles. The number of ether oxygens (including phenoxy) is 1. The molecule has 0 saturated carbocycles. The predicted octanol–water partition coefficient (Wildman–Crippen LogP) is 5.13. The third-order valence-corrected chi connectivity index (χ3v) is 6.25. The lowest BCUT2D eigenvalue weighted by molar-refractivity contribution is -0.0580. The molecule has 0 aliphatic carbocycles. The number of anilines is 2. The minimum absolute atomic E-state index is 0.0802. The van der Waals surface area contributed by atoms with E-state index in [1.807, 2.05) is 90.4 Å². The van der Waals surface area contributed by atoms with Gasteiger partial charge in [0.2, 0.25) is 0 Å². The average molecular weight is 409 g/mol. The molecule has 5 rings (SSSR count). The Morgan fingerprint density at radius 2 is 1.55 bits per heavy atom. The molecule has 5 nitrogen and oxygen atoms in total. The van der Waals surface area contributed by atoms with E-state index < -0.39 is 5.54 Å². The number of urea groups is 1. The van der Waals surface area contributed by atoms with Crippen LogP contribution in [0.1, 0.15) is 28.3 Å². The molecule has 2 amide bonds. The van der Waals surface area contributed by atoms with Crippen LogP contribution >= 0.6 is 0 Å². The van der Waals surface area contributed by atoms with Crippen LogP contribution in [-0.4, -0.2) is 24.8 Å². The van der Waals surface area contributed by atoms with Crippen LogP contribution in [0.15, 0.2) is 72.8 Å². The molecule has 2 saturated heterocycles. The maximum atomic E-state index is 14.0. The minimum Gasteiger partial charge on any atom is -0.376 e. The first-order chi connectivity index (χ1) is 15.0. The SMILES string of the molecule is Cc1ccc(N2C(=O)N(c3ccc(C)cc3)C3(COC3)[C@H]2c2cccc(C#N)c2)cc1. The summed E-state index contributed by atoms with van der Waals surface area (Å²) in [4.78, 5) is 17.7. The van der Waals surface area contributed by atoms with Gasteiger partial charge in [-0.05, 0) is 55.8 Å². The van der Waals surface area contributed by atoms with Crippen molar-refractivity contribution in [2.45, 2.75) is 25.4 Å². The molecule has 0 bridgehead atoms. The quantitative estimate of drug-likeness (QED) is 0.602. The monoisotopic (exact) mass is 409 g/mol. The molecule has 2 aliphatic heterocycles. The van der Waals surface area contributed by atoms with E-state index in [9.17, 15) is 10.1 Å². The molecule has 2 aliphatic rings. The number of hydrogen-bond donors (Lipinski definition) is 0. The highest BCUT2D eigenvalue weighted by molar-refractivity contribution is 6.09. The van der Waals surface area contributed by atoms with Crippen LogP contribution in [0, 0.1) is 25.2 Å². The van der Waals surface area contributed by atoms with Gasteiger partial charge in [0, 0.05) is 11.4 Å². The van der Waals surface area contributed by atoms with Crippen molar-refractivity contribution in [3.05, 3.63) is 95.1 Å². The standard InChI is InChI=1S/C26H23N3O2/c1-18-6-10-22(11-7-18)28-24(21-5-3-4-20(14-21)15-27)26(16-31-17-26)29(25(28)30)23-12-8-19(2)9-13-23/h3-14,24H,16-17H2,1-2H3/t24-/m1/s1. The van der Waals surface area contributed by atoms with Crippen molar-refractivity contribution in [3.63, 3.8) is 0 Å². The summed E-state index contributed by atoms with van der Waals surface area (Å²) < 4.78 is 5.71. The normalized spacial score (nSPS) is 19.4. The van der Waals surface area contributed by atoms with Gasteiger partial charge in [-0.1, -0.05) is 47.5 Å². The Morgan fingerprint density at radius 3 is 2.10 bits per heavy atom. The first-order valence-electron chi connectivity index (χ1n) is 10.4. The van der Waals surface area contributed by atoms with Crippen LogP contribution in [0.3, 0.4) is 0 Å². The molecule has 0 N–H and O–H groups in total. The Labute approximate surface area is 182 Å². The van der Waals surface area contributed by atoms with Gasteiger partial charge in [0.15, 0.2) is 0 Å². The highest BCUT2D eigenvalue weighted by Gasteiger charge is 2.63. The van der Waals surface area contributed by atoms with Gasteiger partial charge in [0.1, 0.15) is 5.54 Å². The Hall–Kier alpha value is -3.62. The number of nitriles is 1. The second kappa shape index (κ2) is 7.26. The highest BCUT2D eigenvalue weighted by Crippen LogP contribution is 2.51. The van der Waals surface area contributed by atoms with Gasteiger partial charge in [-0.25, -0.2) is 4.79 Å². The van der Waals surface area contributed by atoms with Crippen molar-refractivity contribution in [1.29, 1.82) is 5.26 Å². The molecule has 5 heteroatoms. The molecule has 2 heterocycles. The van der Waals surface area contributed by atoms with Crippen LogP contribution in [0.5, 0.6) is 0 Å². The molecule has 3 aromatic rings. The number of aryl methyl sites for hydroxylation is 2. The Morgan fingerprint density at radius 1 is 0.935 bits per heavy atom. The van der Waals surface area contributed by atoms with Gasteiger partial charge >= 0.3 is 6.03 Å². The second-order valence-corrected chi connectivity index (χ2v) is 8.40. The summed E-state index contributed by atoms with van der Waals surface area (Å²) in [6.07, 6.45) is 0. The van der Waals surface area contributed by atoms with E-state index in [1.54, 1.807) is 6.07 Å². The molecule has 1 atom stereocenters. The summed E-state index contributed by atoms with van der Waals surface area (Å²) in [6.45, 7) is 4.95. The van der Waals surface area contributed by atoms with Crippen molar-refractivity contribution >= 4 is 17.4 Å². The van der Waals surface area contributed by atoms with Gasteiger partial charge in [-0.15, -0.1) is 0 Å². The lowest BCUT2D eigenvalue weighted by atomic mass is 9.82. The maximum absolute atomic E-state index is 14.0. The van der Waals surface area contributed by atoms with E-state index in [0.717, 1.165) is 28.1 Å². The lowest BCUT2D eigenvalue weighted by Crippen LogP contribution is -2.62. The van der Waals surface area contributed by atoms with E-state index in [0.29, 0.717) is 18.8 Å².